The van der Waals surface area contributed by atoms with Crippen LogP contribution in [0.2, 0.25) is 0 Å². The fourth-order valence-electron chi connectivity index (χ4n) is 3.38. The van der Waals surface area contributed by atoms with Crippen LogP contribution in [-0.4, -0.2) is 46.8 Å². The van der Waals surface area contributed by atoms with Gasteiger partial charge in [0.2, 0.25) is 0 Å². The Bertz CT molecular complexity index is 1470. The first-order valence-electron chi connectivity index (χ1n) is 9.33. The SMILES string of the molecule is Cc1c(S(=O)(=O)Oc2cccc(C[SH](=O)=O)c2)c2cc(NC[SH](=O)=O)ccc2n1CC(=O)O. The van der Waals surface area contributed by atoms with Gasteiger partial charge in [-0.05, 0) is 42.8 Å². The van der Waals surface area contributed by atoms with E-state index < -0.39 is 44.0 Å². The highest BCUT2D eigenvalue weighted by molar-refractivity contribution is 7.87. The summed E-state index contributed by atoms with van der Waals surface area (Å²) in [6.45, 7) is 0.919. The largest absolute Gasteiger partial charge is 0.480 e. The van der Waals surface area contributed by atoms with Gasteiger partial charge in [0.1, 0.15) is 33.8 Å². The lowest BCUT2D eigenvalue weighted by Gasteiger charge is -2.09. The molecule has 0 fully saturated rings. The van der Waals surface area contributed by atoms with Gasteiger partial charge in [-0.2, -0.15) is 8.42 Å². The molecule has 0 aliphatic heterocycles. The van der Waals surface area contributed by atoms with E-state index in [-0.39, 0.29) is 33.4 Å². The minimum atomic E-state index is -4.49. The van der Waals surface area contributed by atoms with Crippen LogP contribution in [0.5, 0.6) is 5.75 Å². The molecule has 0 bridgehead atoms. The molecule has 2 N–H and O–H groups in total. The highest BCUT2D eigenvalue weighted by atomic mass is 32.2. The molecule has 178 valence electrons. The lowest BCUT2D eigenvalue weighted by atomic mass is 10.2. The normalized spacial score (nSPS) is 11.8. The van der Waals surface area contributed by atoms with Crippen molar-refractivity contribution in [2.45, 2.75) is 24.1 Å². The Morgan fingerprint density at radius 1 is 1.09 bits per heavy atom. The molecule has 2 aromatic carbocycles. The number of carboxylic acids is 1. The van der Waals surface area contributed by atoms with Gasteiger partial charge in [-0.3, -0.25) is 4.79 Å². The zero-order chi connectivity index (χ0) is 24.3. The van der Waals surface area contributed by atoms with E-state index in [0.717, 1.165) is 0 Å². The monoisotopic (exact) mass is 516 g/mol. The number of aromatic nitrogens is 1. The smallest absolute Gasteiger partial charge is 0.341 e. The van der Waals surface area contributed by atoms with Crippen LogP contribution in [0.1, 0.15) is 11.3 Å². The highest BCUT2D eigenvalue weighted by Crippen LogP contribution is 2.34. The Kier molecular flexibility index (Phi) is 7.29. The molecule has 0 aliphatic rings. The number of benzene rings is 2. The molecule has 0 unspecified atom stereocenters. The number of carboxylic acid groups (broad SMARTS) is 1. The van der Waals surface area contributed by atoms with Gasteiger partial charge in [0.05, 0.1) is 11.3 Å². The Hall–Kier alpha value is -3.10. The van der Waals surface area contributed by atoms with E-state index in [9.17, 15) is 35.2 Å². The second-order valence-electron chi connectivity index (χ2n) is 6.97. The quantitative estimate of drug-likeness (QED) is 0.225. The fourth-order valence-corrected chi connectivity index (χ4v) is 5.54. The lowest BCUT2D eigenvalue weighted by Crippen LogP contribution is -2.13. The first kappa shape index (κ1) is 24.5. The van der Waals surface area contributed by atoms with Crippen molar-refractivity contribution in [3.05, 3.63) is 53.7 Å². The van der Waals surface area contributed by atoms with Crippen LogP contribution in [0.25, 0.3) is 10.9 Å². The summed E-state index contributed by atoms with van der Waals surface area (Å²) in [5.74, 6) is -1.96. The Balaban J connectivity index is 2.13. The minimum Gasteiger partial charge on any atom is -0.480 e. The van der Waals surface area contributed by atoms with Crippen LogP contribution in [0.15, 0.2) is 47.4 Å². The van der Waals surface area contributed by atoms with Crippen LogP contribution >= 0.6 is 0 Å². The van der Waals surface area contributed by atoms with Gasteiger partial charge in [0.15, 0.2) is 10.7 Å². The highest BCUT2D eigenvalue weighted by Gasteiger charge is 2.28. The number of rotatable bonds is 10. The van der Waals surface area contributed by atoms with Crippen LogP contribution < -0.4 is 9.50 Å². The van der Waals surface area contributed by atoms with E-state index >= 15 is 0 Å². The van der Waals surface area contributed by atoms with Crippen molar-refractivity contribution in [2.24, 2.45) is 0 Å². The third-order valence-electron chi connectivity index (χ3n) is 4.64. The van der Waals surface area contributed by atoms with Gasteiger partial charge in [0, 0.05) is 16.8 Å². The van der Waals surface area contributed by atoms with Gasteiger partial charge in [-0.25, -0.2) is 16.8 Å². The van der Waals surface area contributed by atoms with E-state index in [2.05, 4.69) is 5.32 Å². The summed E-state index contributed by atoms with van der Waals surface area (Å²) in [4.78, 5) is 11.1. The van der Waals surface area contributed by atoms with Crippen molar-refractivity contribution in [3.63, 3.8) is 0 Å². The molecule has 0 amide bonds. The summed E-state index contributed by atoms with van der Waals surface area (Å²) in [6.07, 6.45) is 0. The van der Waals surface area contributed by atoms with E-state index in [1.54, 1.807) is 0 Å². The number of nitrogens with one attached hydrogen (secondary N) is 1. The molecule has 3 aromatic rings. The van der Waals surface area contributed by atoms with E-state index in [1.807, 2.05) is 0 Å². The zero-order valence-corrected chi connectivity index (χ0v) is 19.7. The van der Waals surface area contributed by atoms with Gasteiger partial charge >= 0.3 is 16.1 Å². The summed E-state index contributed by atoms with van der Waals surface area (Å²) in [6, 6.07) is 9.97. The third-order valence-corrected chi connectivity index (χ3v) is 7.10. The maximum Gasteiger partial charge on any atom is 0.341 e. The second-order valence-corrected chi connectivity index (χ2v) is 10.4. The fraction of sp³-hybridized carbons (Fsp3) is 0.211. The van der Waals surface area contributed by atoms with Crippen LogP contribution in [0.3, 0.4) is 0 Å². The summed E-state index contributed by atoms with van der Waals surface area (Å²) in [5.41, 5.74) is 1.05. The molecular weight excluding hydrogens is 496 g/mol. The predicted molar refractivity (Wildman–Crippen MR) is 121 cm³/mol. The number of anilines is 1. The van der Waals surface area contributed by atoms with Gasteiger partial charge in [-0.15, -0.1) is 0 Å². The molecular formula is C19H20N2O9S3. The molecule has 14 heteroatoms. The number of thiol groups is 2. The van der Waals surface area contributed by atoms with E-state index in [0.29, 0.717) is 16.8 Å². The van der Waals surface area contributed by atoms with Crippen molar-refractivity contribution in [1.82, 2.24) is 4.57 Å². The number of carbonyl (C=O) groups is 1. The standard InChI is InChI=1S/C19H20N2O9S3/c1-12-19(33(28,29)30-15-4-2-3-13(7-15)10-31(24)25)16-8-14(20-11-32(26)27)5-6-17(16)21(12)9-18(22)23/h2-8,20,31-32H,9-11H2,1H3,(H,22,23). The van der Waals surface area contributed by atoms with Crippen molar-refractivity contribution >= 4 is 54.1 Å². The maximum atomic E-state index is 13.2. The summed E-state index contributed by atoms with van der Waals surface area (Å²) >= 11 is 0. The van der Waals surface area contributed by atoms with Crippen molar-refractivity contribution < 1.29 is 39.3 Å². The number of hydrogen-bond acceptors (Lipinski definition) is 9. The predicted octanol–water partition coefficient (Wildman–Crippen LogP) is 0.894. The van der Waals surface area contributed by atoms with Crippen LogP contribution in [-0.2, 0) is 48.6 Å². The van der Waals surface area contributed by atoms with Crippen LogP contribution in [0.4, 0.5) is 5.69 Å². The number of hydrogen-bond donors (Lipinski definition) is 4. The molecule has 1 aromatic heterocycles. The Morgan fingerprint density at radius 3 is 2.45 bits per heavy atom. The molecule has 0 aliphatic carbocycles. The third kappa shape index (κ3) is 5.83. The topological polar surface area (TPSA) is 166 Å². The van der Waals surface area contributed by atoms with Crippen molar-refractivity contribution in [1.29, 1.82) is 0 Å². The average Bonchev–Trinajstić information content (AvgIpc) is 2.97. The number of aliphatic carboxylic acids is 1. The van der Waals surface area contributed by atoms with Crippen molar-refractivity contribution in [3.8, 4) is 5.75 Å². The molecule has 33 heavy (non-hydrogen) atoms. The molecule has 0 radical (unpaired) electrons. The number of nitrogens with zero attached hydrogens (tertiary/aromatic N) is 1. The summed E-state index contributed by atoms with van der Waals surface area (Å²) in [5, 5.41) is 12.1. The Labute approximate surface area is 192 Å². The van der Waals surface area contributed by atoms with Gasteiger partial charge < -0.3 is 19.2 Å². The lowest BCUT2D eigenvalue weighted by molar-refractivity contribution is -0.137. The van der Waals surface area contributed by atoms with Gasteiger partial charge in [-0.1, -0.05) is 12.1 Å². The first-order valence-corrected chi connectivity index (χ1v) is 13.5. The van der Waals surface area contributed by atoms with Crippen LogP contribution in [0, 0.1) is 6.92 Å². The number of fused-ring (bicyclic) bond motifs is 1. The molecule has 1 heterocycles. The molecule has 0 atom stereocenters. The second kappa shape index (κ2) is 9.80. The summed E-state index contributed by atoms with van der Waals surface area (Å²) in [7, 11) is -9.95. The molecule has 11 nitrogen and oxygen atoms in total. The average molecular weight is 517 g/mol. The molecule has 0 saturated heterocycles. The van der Waals surface area contributed by atoms with E-state index in [1.165, 1.54) is 54.0 Å². The van der Waals surface area contributed by atoms with E-state index in [4.69, 9.17) is 4.18 Å². The zero-order valence-electron chi connectivity index (χ0n) is 17.1. The molecule has 0 saturated carbocycles. The minimum absolute atomic E-state index is 0.109. The molecule has 3 rings (SSSR count). The molecule has 0 spiro atoms. The Morgan fingerprint density at radius 2 is 1.82 bits per heavy atom. The van der Waals surface area contributed by atoms with Gasteiger partial charge in [0.25, 0.3) is 0 Å². The summed E-state index contributed by atoms with van der Waals surface area (Å²) < 4.78 is 76.7. The first-order chi connectivity index (χ1) is 15.5. The maximum absolute atomic E-state index is 13.2. The van der Waals surface area contributed by atoms with Crippen molar-refractivity contribution in [2.75, 3.05) is 11.2 Å².